The quantitative estimate of drug-likeness (QED) is 0.830. The molecule has 0 heterocycles. The van der Waals surface area contributed by atoms with Crippen molar-refractivity contribution in [2.75, 3.05) is 12.0 Å². The van der Waals surface area contributed by atoms with Gasteiger partial charge in [-0.2, -0.15) is 11.8 Å². The van der Waals surface area contributed by atoms with Crippen molar-refractivity contribution in [1.29, 1.82) is 0 Å². The maximum absolute atomic E-state index is 11.9. The summed E-state index contributed by atoms with van der Waals surface area (Å²) in [6.45, 7) is 4.03. The summed E-state index contributed by atoms with van der Waals surface area (Å²) < 4.78 is 0. The Morgan fingerprint density at radius 1 is 1.44 bits per heavy atom. The van der Waals surface area contributed by atoms with E-state index >= 15 is 0 Å². The zero-order valence-electron chi connectivity index (χ0n) is 11.3. The van der Waals surface area contributed by atoms with Gasteiger partial charge in [0.15, 0.2) is 0 Å². The lowest BCUT2D eigenvalue weighted by Crippen LogP contribution is -2.42. The molecule has 1 amide bonds. The predicted molar refractivity (Wildman–Crippen MR) is 78.7 cm³/mol. The Balaban J connectivity index is 2.57. The average Bonchev–Trinajstić information content (AvgIpc) is 2.36. The standard InChI is InChI=1S/C14H22N2OS/c1-10-6-4-5-7-12(10)11(2)16-14(17)13(15)8-9-18-3/h4-7,11,13H,8-9,15H2,1-3H3,(H,16,17)/t11-,13+/m0/s1. The van der Waals surface area contributed by atoms with Crippen LogP contribution in [0.1, 0.15) is 30.5 Å². The van der Waals surface area contributed by atoms with E-state index in [0.717, 1.165) is 11.3 Å². The third-order valence-corrected chi connectivity index (χ3v) is 3.63. The van der Waals surface area contributed by atoms with Crippen LogP contribution in [0.25, 0.3) is 0 Å². The Hall–Kier alpha value is -1.00. The van der Waals surface area contributed by atoms with Crippen LogP contribution in [-0.2, 0) is 4.79 Å². The van der Waals surface area contributed by atoms with Gasteiger partial charge in [0.1, 0.15) is 0 Å². The molecule has 18 heavy (non-hydrogen) atoms. The third kappa shape index (κ3) is 4.35. The van der Waals surface area contributed by atoms with E-state index in [1.165, 1.54) is 5.56 Å². The molecule has 0 saturated heterocycles. The Bertz CT molecular complexity index is 395. The minimum Gasteiger partial charge on any atom is -0.348 e. The van der Waals surface area contributed by atoms with Gasteiger partial charge in [0.05, 0.1) is 12.1 Å². The van der Waals surface area contributed by atoms with Gasteiger partial charge < -0.3 is 11.1 Å². The molecule has 0 aliphatic heterocycles. The molecule has 1 aromatic carbocycles. The van der Waals surface area contributed by atoms with Crippen LogP contribution in [0.4, 0.5) is 0 Å². The number of amides is 1. The molecular formula is C14H22N2OS. The van der Waals surface area contributed by atoms with Gasteiger partial charge in [0, 0.05) is 0 Å². The topological polar surface area (TPSA) is 55.1 Å². The Kier molecular flexibility index (Phi) is 6.22. The number of nitrogens with two attached hydrogens (primary N) is 1. The van der Waals surface area contributed by atoms with Gasteiger partial charge in [-0.1, -0.05) is 24.3 Å². The fourth-order valence-corrected chi connectivity index (χ4v) is 2.34. The van der Waals surface area contributed by atoms with E-state index in [1.54, 1.807) is 11.8 Å². The lowest BCUT2D eigenvalue weighted by atomic mass is 10.0. The van der Waals surface area contributed by atoms with Crippen LogP contribution in [0.2, 0.25) is 0 Å². The number of nitrogens with one attached hydrogen (secondary N) is 1. The van der Waals surface area contributed by atoms with E-state index in [4.69, 9.17) is 5.73 Å². The van der Waals surface area contributed by atoms with Crippen molar-refractivity contribution in [3.05, 3.63) is 35.4 Å². The van der Waals surface area contributed by atoms with Crippen LogP contribution >= 0.6 is 11.8 Å². The van der Waals surface area contributed by atoms with Crippen molar-refractivity contribution in [3.63, 3.8) is 0 Å². The van der Waals surface area contributed by atoms with Gasteiger partial charge in [-0.25, -0.2) is 0 Å². The largest absolute Gasteiger partial charge is 0.348 e. The van der Waals surface area contributed by atoms with E-state index in [1.807, 2.05) is 44.4 Å². The van der Waals surface area contributed by atoms with Crippen molar-refractivity contribution in [3.8, 4) is 0 Å². The number of carbonyl (C=O) groups excluding carboxylic acids is 1. The van der Waals surface area contributed by atoms with Gasteiger partial charge in [-0.05, 0) is 43.4 Å². The first kappa shape index (κ1) is 15.1. The molecule has 1 rings (SSSR count). The summed E-state index contributed by atoms with van der Waals surface area (Å²) in [5.41, 5.74) is 8.17. The minimum atomic E-state index is -0.413. The normalized spacial score (nSPS) is 14.0. The second-order valence-corrected chi connectivity index (χ2v) is 5.46. The molecule has 0 fully saturated rings. The predicted octanol–water partition coefficient (Wildman–Crippen LogP) is 2.25. The number of thioether (sulfide) groups is 1. The number of hydrogen-bond donors (Lipinski definition) is 2. The summed E-state index contributed by atoms with van der Waals surface area (Å²) in [7, 11) is 0. The highest BCUT2D eigenvalue weighted by Crippen LogP contribution is 2.16. The van der Waals surface area contributed by atoms with E-state index in [2.05, 4.69) is 5.32 Å². The van der Waals surface area contributed by atoms with Gasteiger partial charge in [0.25, 0.3) is 0 Å². The Morgan fingerprint density at radius 2 is 2.11 bits per heavy atom. The van der Waals surface area contributed by atoms with E-state index < -0.39 is 6.04 Å². The molecule has 0 aliphatic rings. The fourth-order valence-electron chi connectivity index (χ4n) is 1.85. The van der Waals surface area contributed by atoms with Crippen LogP contribution in [0.3, 0.4) is 0 Å². The third-order valence-electron chi connectivity index (χ3n) is 2.98. The number of aryl methyl sites for hydroxylation is 1. The smallest absolute Gasteiger partial charge is 0.237 e. The number of benzene rings is 1. The molecule has 0 aliphatic carbocycles. The molecule has 1 aromatic rings. The Labute approximate surface area is 114 Å². The van der Waals surface area contributed by atoms with Crippen LogP contribution in [-0.4, -0.2) is 24.0 Å². The lowest BCUT2D eigenvalue weighted by molar-refractivity contribution is -0.123. The number of rotatable bonds is 6. The molecule has 3 N–H and O–H groups in total. The number of hydrogen-bond acceptors (Lipinski definition) is 3. The molecule has 2 atom stereocenters. The molecule has 0 aromatic heterocycles. The highest BCUT2D eigenvalue weighted by molar-refractivity contribution is 7.98. The first-order valence-corrected chi connectivity index (χ1v) is 7.56. The molecule has 3 nitrogen and oxygen atoms in total. The molecular weight excluding hydrogens is 244 g/mol. The average molecular weight is 266 g/mol. The van der Waals surface area contributed by atoms with E-state index in [9.17, 15) is 4.79 Å². The van der Waals surface area contributed by atoms with Crippen LogP contribution < -0.4 is 11.1 Å². The minimum absolute atomic E-state index is 0.000899. The van der Waals surface area contributed by atoms with E-state index in [0.29, 0.717) is 6.42 Å². The first-order chi connectivity index (χ1) is 8.56. The summed E-state index contributed by atoms with van der Waals surface area (Å²) in [4.78, 5) is 11.9. The van der Waals surface area contributed by atoms with Gasteiger partial charge in [0.2, 0.25) is 5.91 Å². The number of carbonyl (C=O) groups is 1. The maximum Gasteiger partial charge on any atom is 0.237 e. The van der Waals surface area contributed by atoms with Crippen molar-refractivity contribution in [1.82, 2.24) is 5.32 Å². The summed E-state index contributed by atoms with van der Waals surface area (Å²) in [5.74, 6) is 0.840. The molecule has 0 unspecified atom stereocenters. The maximum atomic E-state index is 11.9. The van der Waals surface area contributed by atoms with Crippen molar-refractivity contribution >= 4 is 17.7 Å². The zero-order valence-corrected chi connectivity index (χ0v) is 12.1. The molecule has 0 radical (unpaired) electrons. The van der Waals surface area contributed by atoms with Crippen molar-refractivity contribution < 1.29 is 4.79 Å². The van der Waals surface area contributed by atoms with Gasteiger partial charge >= 0.3 is 0 Å². The molecule has 0 spiro atoms. The molecule has 4 heteroatoms. The first-order valence-electron chi connectivity index (χ1n) is 6.16. The molecule has 0 saturated carbocycles. The van der Waals surface area contributed by atoms with Gasteiger partial charge in [-0.3, -0.25) is 4.79 Å². The second-order valence-electron chi connectivity index (χ2n) is 4.47. The summed E-state index contributed by atoms with van der Waals surface area (Å²) in [6.07, 6.45) is 2.73. The monoisotopic (exact) mass is 266 g/mol. The highest BCUT2D eigenvalue weighted by Gasteiger charge is 2.16. The highest BCUT2D eigenvalue weighted by atomic mass is 32.2. The van der Waals surface area contributed by atoms with Crippen molar-refractivity contribution in [2.24, 2.45) is 5.73 Å². The van der Waals surface area contributed by atoms with Gasteiger partial charge in [-0.15, -0.1) is 0 Å². The van der Waals surface area contributed by atoms with E-state index in [-0.39, 0.29) is 11.9 Å². The SMILES string of the molecule is CSCC[C@@H](N)C(=O)N[C@@H](C)c1ccccc1C. The summed E-state index contributed by atoms with van der Waals surface area (Å²) >= 11 is 1.71. The van der Waals surface area contributed by atoms with Crippen molar-refractivity contribution in [2.45, 2.75) is 32.4 Å². The molecule has 0 bridgehead atoms. The fraction of sp³-hybridized carbons (Fsp3) is 0.500. The van der Waals surface area contributed by atoms with Crippen LogP contribution in [0, 0.1) is 6.92 Å². The van der Waals surface area contributed by atoms with Crippen LogP contribution in [0.5, 0.6) is 0 Å². The summed E-state index contributed by atoms with van der Waals surface area (Å²) in [6, 6.07) is 7.65. The van der Waals surface area contributed by atoms with Crippen LogP contribution in [0.15, 0.2) is 24.3 Å². The molecule has 100 valence electrons. The lowest BCUT2D eigenvalue weighted by Gasteiger charge is -2.19. The Morgan fingerprint density at radius 3 is 2.72 bits per heavy atom. The summed E-state index contributed by atoms with van der Waals surface area (Å²) in [5, 5.41) is 2.97. The second kappa shape index (κ2) is 7.44. The zero-order chi connectivity index (χ0) is 13.5.